The molecule has 0 saturated carbocycles. The highest BCUT2D eigenvalue weighted by molar-refractivity contribution is 7.99. The van der Waals surface area contributed by atoms with E-state index in [0.29, 0.717) is 38.3 Å². The lowest BCUT2D eigenvalue weighted by molar-refractivity contribution is -0.113. The zero-order chi connectivity index (χ0) is 23.7. The van der Waals surface area contributed by atoms with Gasteiger partial charge in [0.05, 0.1) is 33.9 Å². The van der Waals surface area contributed by atoms with Gasteiger partial charge in [0.15, 0.2) is 16.7 Å². The molecule has 7 nitrogen and oxygen atoms in total. The van der Waals surface area contributed by atoms with Crippen molar-refractivity contribution in [1.82, 2.24) is 9.55 Å². The van der Waals surface area contributed by atoms with Gasteiger partial charge in [-0.1, -0.05) is 47.6 Å². The van der Waals surface area contributed by atoms with Crippen molar-refractivity contribution in [2.45, 2.75) is 18.6 Å². The molecule has 0 bridgehead atoms. The van der Waals surface area contributed by atoms with Gasteiger partial charge in [-0.05, 0) is 54.4 Å². The van der Waals surface area contributed by atoms with Crippen LogP contribution in [0.4, 0.5) is 5.69 Å². The third-order valence-electron chi connectivity index (χ3n) is 5.34. The Morgan fingerprint density at radius 2 is 1.94 bits per heavy atom. The number of hydrogen-bond acceptors (Lipinski definition) is 6. The zero-order valence-electron chi connectivity index (χ0n) is 18.2. The fourth-order valence-corrected chi connectivity index (χ4v) is 4.74. The number of ether oxygens (including phenoxy) is 2. The number of amides is 1. The lowest BCUT2D eigenvalue weighted by Crippen LogP contribution is -2.25. The maximum absolute atomic E-state index is 13.3. The maximum atomic E-state index is 13.3. The molecule has 1 amide bonds. The SMILES string of the molecule is Cc1ccc(NC(=O)CSc2nc3ccccc3c(=O)n2Cc2ccc3c(c2)OCO3)c(Cl)c1. The summed E-state index contributed by atoms with van der Waals surface area (Å²) in [5, 5.41) is 4.26. The third-order valence-corrected chi connectivity index (χ3v) is 6.62. The molecule has 2 heterocycles. The first-order valence-electron chi connectivity index (χ1n) is 10.5. The van der Waals surface area contributed by atoms with Gasteiger partial charge >= 0.3 is 0 Å². The molecule has 9 heteroatoms. The summed E-state index contributed by atoms with van der Waals surface area (Å²) in [7, 11) is 0. The van der Waals surface area contributed by atoms with Crippen LogP contribution in [0.15, 0.2) is 70.6 Å². The molecule has 172 valence electrons. The van der Waals surface area contributed by atoms with Crippen LogP contribution in [-0.4, -0.2) is 28.0 Å². The number of benzene rings is 3. The molecule has 0 atom stereocenters. The molecular formula is C25H20ClN3O4S. The predicted molar refractivity (Wildman–Crippen MR) is 133 cm³/mol. The average Bonchev–Trinajstić information content (AvgIpc) is 3.30. The van der Waals surface area contributed by atoms with E-state index < -0.39 is 0 Å². The van der Waals surface area contributed by atoms with Gasteiger partial charge in [-0.2, -0.15) is 0 Å². The number of nitrogens with one attached hydrogen (secondary N) is 1. The van der Waals surface area contributed by atoms with Crippen LogP contribution in [0.5, 0.6) is 11.5 Å². The summed E-state index contributed by atoms with van der Waals surface area (Å²) in [6, 6.07) is 18.2. The fraction of sp³-hybridized carbons (Fsp3) is 0.160. The van der Waals surface area contributed by atoms with Crippen molar-refractivity contribution in [1.29, 1.82) is 0 Å². The van der Waals surface area contributed by atoms with Crippen molar-refractivity contribution >= 4 is 45.9 Å². The van der Waals surface area contributed by atoms with Crippen LogP contribution < -0.4 is 20.3 Å². The molecule has 0 fully saturated rings. The van der Waals surface area contributed by atoms with E-state index in [1.54, 1.807) is 28.8 Å². The van der Waals surface area contributed by atoms with Gasteiger partial charge in [0.25, 0.3) is 5.56 Å². The van der Waals surface area contributed by atoms with Crippen molar-refractivity contribution in [3.05, 3.63) is 87.2 Å². The Bertz CT molecular complexity index is 1470. The van der Waals surface area contributed by atoms with E-state index in [1.807, 2.05) is 43.3 Å². The standard InChI is InChI=1S/C25H20ClN3O4S/c1-15-6-8-20(18(26)10-15)27-23(30)13-34-25-28-19-5-3-2-4-17(19)24(31)29(25)12-16-7-9-21-22(11-16)33-14-32-21/h2-11H,12-14H2,1H3,(H,27,30). The second-order valence-corrected chi connectivity index (χ2v) is 9.16. The number of aromatic nitrogens is 2. The molecule has 1 aromatic heterocycles. The van der Waals surface area contributed by atoms with Gasteiger partial charge in [-0.15, -0.1) is 0 Å². The second kappa shape index (κ2) is 9.40. The lowest BCUT2D eigenvalue weighted by Gasteiger charge is -2.14. The Hall–Kier alpha value is -3.49. The minimum atomic E-state index is -0.243. The first-order chi connectivity index (χ1) is 16.5. The number of carbonyl (C=O) groups is 1. The van der Waals surface area contributed by atoms with Gasteiger partial charge in [-0.3, -0.25) is 14.2 Å². The van der Waals surface area contributed by atoms with E-state index >= 15 is 0 Å². The Morgan fingerprint density at radius 3 is 2.79 bits per heavy atom. The minimum absolute atomic E-state index is 0.0656. The first-order valence-corrected chi connectivity index (χ1v) is 11.9. The van der Waals surface area contributed by atoms with E-state index in [1.165, 1.54) is 11.8 Å². The average molecular weight is 494 g/mol. The van der Waals surface area contributed by atoms with Crippen molar-refractivity contribution in [2.24, 2.45) is 0 Å². The number of fused-ring (bicyclic) bond motifs is 2. The number of thioether (sulfide) groups is 1. The van der Waals surface area contributed by atoms with Crippen LogP contribution in [0.2, 0.25) is 5.02 Å². The summed E-state index contributed by atoms with van der Waals surface area (Å²) in [6.45, 7) is 2.39. The lowest BCUT2D eigenvalue weighted by atomic mass is 10.2. The van der Waals surface area contributed by atoms with Crippen molar-refractivity contribution < 1.29 is 14.3 Å². The van der Waals surface area contributed by atoms with E-state index in [-0.39, 0.29) is 30.6 Å². The van der Waals surface area contributed by atoms with E-state index in [4.69, 9.17) is 21.1 Å². The van der Waals surface area contributed by atoms with E-state index in [2.05, 4.69) is 10.3 Å². The summed E-state index contributed by atoms with van der Waals surface area (Å²) >= 11 is 7.43. The molecule has 1 aliphatic heterocycles. The van der Waals surface area contributed by atoms with Crippen molar-refractivity contribution in [3.8, 4) is 11.5 Å². The minimum Gasteiger partial charge on any atom is -0.454 e. The topological polar surface area (TPSA) is 82.5 Å². The quantitative estimate of drug-likeness (QED) is 0.305. The number of para-hydroxylation sites is 1. The van der Waals surface area contributed by atoms with Gasteiger partial charge in [-0.25, -0.2) is 4.98 Å². The first kappa shape index (κ1) is 22.3. The van der Waals surface area contributed by atoms with Gasteiger partial charge in [0.2, 0.25) is 12.7 Å². The zero-order valence-corrected chi connectivity index (χ0v) is 19.8. The number of nitrogens with zero attached hydrogens (tertiary/aromatic N) is 2. The Labute approximate surface area is 204 Å². The Balaban J connectivity index is 1.42. The van der Waals surface area contributed by atoms with Gasteiger partial charge in [0.1, 0.15) is 0 Å². The molecule has 0 spiro atoms. The molecule has 0 radical (unpaired) electrons. The van der Waals surface area contributed by atoms with Crippen LogP contribution in [-0.2, 0) is 11.3 Å². The normalized spacial score (nSPS) is 12.2. The van der Waals surface area contributed by atoms with Gasteiger partial charge < -0.3 is 14.8 Å². The molecule has 1 aliphatic rings. The molecule has 0 saturated heterocycles. The van der Waals surface area contributed by atoms with Crippen LogP contribution in [0.25, 0.3) is 10.9 Å². The molecule has 3 aromatic carbocycles. The number of hydrogen-bond donors (Lipinski definition) is 1. The highest BCUT2D eigenvalue weighted by atomic mass is 35.5. The Morgan fingerprint density at radius 1 is 1.12 bits per heavy atom. The Kier molecular flexibility index (Phi) is 6.17. The van der Waals surface area contributed by atoms with Crippen LogP contribution in [0, 0.1) is 6.92 Å². The number of halogens is 1. The summed E-state index contributed by atoms with van der Waals surface area (Å²) in [4.78, 5) is 30.6. The fourth-order valence-electron chi connectivity index (χ4n) is 3.66. The number of aryl methyl sites for hydroxylation is 1. The highest BCUT2D eigenvalue weighted by Gasteiger charge is 2.17. The maximum Gasteiger partial charge on any atom is 0.262 e. The molecule has 0 aliphatic carbocycles. The summed E-state index contributed by atoms with van der Waals surface area (Å²) in [5.74, 6) is 1.14. The largest absolute Gasteiger partial charge is 0.454 e. The smallest absolute Gasteiger partial charge is 0.262 e. The van der Waals surface area contributed by atoms with Crippen LogP contribution in [0.1, 0.15) is 11.1 Å². The molecule has 0 unspecified atom stereocenters. The molecule has 34 heavy (non-hydrogen) atoms. The van der Waals surface area contributed by atoms with Gasteiger partial charge in [0, 0.05) is 0 Å². The van der Waals surface area contributed by atoms with Crippen molar-refractivity contribution in [2.75, 3.05) is 17.9 Å². The highest BCUT2D eigenvalue weighted by Crippen LogP contribution is 2.33. The summed E-state index contributed by atoms with van der Waals surface area (Å²) in [5.41, 5.74) is 2.82. The molecule has 5 rings (SSSR count). The molecular weight excluding hydrogens is 474 g/mol. The summed E-state index contributed by atoms with van der Waals surface area (Å²) in [6.07, 6.45) is 0. The van der Waals surface area contributed by atoms with Crippen LogP contribution in [0.3, 0.4) is 0 Å². The summed E-state index contributed by atoms with van der Waals surface area (Å²) < 4.78 is 12.4. The number of carbonyl (C=O) groups excluding carboxylic acids is 1. The van der Waals surface area contributed by atoms with E-state index in [0.717, 1.165) is 11.1 Å². The monoisotopic (exact) mass is 493 g/mol. The number of anilines is 1. The van der Waals surface area contributed by atoms with E-state index in [9.17, 15) is 9.59 Å². The predicted octanol–water partition coefficient (Wildman–Crippen LogP) is 4.87. The van der Waals surface area contributed by atoms with Crippen LogP contribution >= 0.6 is 23.4 Å². The number of rotatable bonds is 6. The second-order valence-electron chi connectivity index (χ2n) is 7.81. The van der Waals surface area contributed by atoms with Crippen molar-refractivity contribution in [3.63, 3.8) is 0 Å². The third kappa shape index (κ3) is 4.60. The molecule has 4 aromatic rings. The molecule has 1 N–H and O–H groups in total.